The molecule has 2 saturated heterocycles. The van der Waals surface area contributed by atoms with Gasteiger partial charge >= 0.3 is 0 Å². The molecule has 2 amide bonds. The van der Waals surface area contributed by atoms with Gasteiger partial charge in [-0.2, -0.15) is 0 Å². The van der Waals surface area contributed by atoms with Crippen molar-refractivity contribution in [3.63, 3.8) is 0 Å². The summed E-state index contributed by atoms with van der Waals surface area (Å²) in [5, 5.41) is 0.669. The molecule has 2 fully saturated rings. The third kappa shape index (κ3) is 6.30. The molecule has 0 aromatic heterocycles. The minimum Gasteiger partial charge on any atom is -0.343 e. The Balaban J connectivity index is 1.40. The summed E-state index contributed by atoms with van der Waals surface area (Å²) < 4.78 is 0.605. The van der Waals surface area contributed by atoms with Crippen LogP contribution in [0.3, 0.4) is 0 Å². The van der Waals surface area contributed by atoms with Crippen LogP contribution in [0.5, 0.6) is 0 Å². The first-order valence-corrected chi connectivity index (χ1v) is 11.8. The summed E-state index contributed by atoms with van der Waals surface area (Å²) in [6.45, 7) is 4.66. The van der Waals surface area contributed by atoms with Gasteiger partial charge in [0, 0.05) is 31.1 Å². The molecule has 2 aliphatic rings. The molecule has 0 atom stereocenters. The molecule has 0 saturated carbocycles. The fourth-order valence-corrected chi connectivity index (χ4v) is 4.98. The largest absolute Gasteiger partial charge is 0.343 e. The van der Waals surface area contributed by atoms with Crippen molar-refractivity contribution in [3.05, 3.63) is 39.8 Å². The summed E-state index contributed by atoms with van der Waals surface area (Å²) in [5.41, 5.74) is 0.931. The Morgan fingerprint density at radius 3 is 2.59 bits per heavy atom. The highest BCUT2D eigenvalue weighted by atomic mass is 35.5. The molecule has 0 aliphatic carbocycles. The molecule has 2 heterocycles. The van der Waals surface area contributed by atoms with Crippen LogP contribution in [-0.4, -0.2) is 45.6 Å². The average molecular weight is 451 g/mol. The van der Waals surface area contributed by atoms with E-state index in [1.807, 2.05) is 23.1 Å². The Morgan fingerprint density at radius 1 is 1.21 bits per heavy atom. The zero-order chi connectivity index (χ0) is 20.8. The number of thiocarbonyl (C=S) groups is 1. The number of hydrogen-bond acceptors (Lipinski definition) is 4. The smallest absolute Gasteiger partial charge is 0.266 e. The summed E-state index contributed by atoms with van der Waals surface area (Å²) >= 11 is 12.6. The average Bonchev–Trinajstić information content (AvgIpc) is 2.97. The number of nitrogens with zero attached hydrogens (tertiary/aromatic N) is 2. The van der Waals surface area contributed by atoms with E-state index in [4.69, 9.17) is 23.8 Å². The van der Waals surface area contributed by atoms with E-state index in [2.05, 4.69) is 6.92 Å². The summed E-state index contributed by atoms with van der Waals surface area (Å²) in [6.07, 6.45) is 7.32. The lowest BCUT2D eigenvalue weighted by atomic mass is 9.99. The van der Waals surface area contributed by atoms with Crippen molar-refractivity contribution in [2.45, 2.75) is 45.4 Å². The molecule has 0 spiro atoms. The van der Waals surface area contributed by atoms with Crippen LogP contribution in [0.1, 0.15) is 51.0 Å². The van der Waals surface area contributed by atoms with E-state index in [0.717, 1.165) is 56.7 Å². The highest BCUT2D eigenvalue weighted by molar-refractivity contribution is 8.26. The lowest BCUT2D eigenvalue weighted by Gasteiger charge is -2.30. The summed E-state index contributed by atoms with van der Waals surface area (Å²) in [4.78, 5) is 29.3. The Morgan fingerprint density at radius 2 is 1.90 bits per heavy atom. The van der Waals surface area contributed by atoms with Crippen LogP contribution in [0.2, 0.25) is 5.02 Å². The molecule has 1 aromatic rings. The van der Waals surface area contributed by atoms with Crippen molar-refractivity contribution in [1.82, 2.24) is 9.80 Å². The number of amides is 2. The molecule has 3 rings (SSSR count). The summed E-state index contributed by atoms with van der Waals surface area (Å²) in [5.74, 6) is 0.972. The number of likely N-dealkylation sites (tertiary alicyclic amines) is 1. The van der Waals surface area contributed by atoms with Gasteiger partial charge in [-0.3, -0.25) is 14.5 Å². The molecular formula is C22H27ClN2O2S2. The van der Waals surface area contributed by atoms with Gasteiger partial charge in [-0.1, -0.05) is 61.1 Å². The van der Waals surface area contributed by atoms with Crippen molar-refractivity contribution in [2.24, 2.45) is 5.92 Å². The molecular weight excluding hydrogens is 424 g/mol. The normalized spacial score (nSPS) is 19.4. The second kappa shape index (κ2) is 10.6. The molecule has 0 radical (unpaired) electrons. The van der Waals surface area contributed by atoms with Crippen molar-refractivity contribution in [2.75, 3.05) is 19.6 Å². The highest BCUT2D eigenvalue weighted by Gasteiger charge is 2.31. The van der Waals surface area contributed by atoms with Crippen molar-refractivity contribution >= 4 is 57.8 Å². The van der Waals surface area contributed by atoms with Gasteiger partial charge in [0.15, 0.2) is 0 Å². The van der Waals surface area contributed by atoms with Gasteiger partial charge in [-0.15, -0.1) is 0 Å². The molecule has 29 heavy (non-hydrogen) atoms. The Bertz CT molecular complexity index is 787. The fourth-order valence-electron chi connectivity index (χ4n) is 3.54. The first-order valence-electron chi connectivity index (χ1n) is 10.2. The van der Waals surface area contributed by atoms with E-state index in [-0.39, 0.29) is 11.8 Å². The fraction of sp³-hybridized carbons (Fsp3) is 0.500. The number of carbonyl (C=O) groups is 2. The molecule has 156 valence electrons. The molecule has 0 bridgehead atoms. The second-order valence-corrected chi connectivity index (χ2v) is 9.87. The van der Waals surface area contributed by atoms with Gasteiger partial charge in [0.25, 0.3) is 5.91 Å². The number of benzene rings is 1. The zero-order valence-corrected chi connectivity index (χ0v) is 19.1. The SMILES string of the molecule is CC1CCN(C(=O)CCCCCN2C(=O)/C(=C/c3ccc(Cl)cc3)SC2=S)CC1. The number of rotatable bonds is 7. The Kier molecular flexibility index (Phi) is 8.16. The van der Waals surface area contributed by atoms with Gasteiger partial charge in [0.1, 0.15) is 4.32 Å². The predicted octanol–water partition coefficient (Wildman–Crippen LogP) is 5.36. The standard InChI is InChI=1S/C22H27ClN2O2S2/c1-16-10-13-24(14-11-16)20(26)5-3-2-4-12-25-21(27)19(29-22(25)28)15-17-6-8-18(23)9-7-17/h6-9,15-16H,2-5,10-14H2,1H3/b19-15-. The van der Waals surface area contributed by atoms with Crippen LogP contribution in [-0.2, 0) is 9.59 Å². The minimum absolute atomic E-state index is 0.0338. The van der Waals surface area contributed by atoms with Crippen LogP contribution in [0.4, 0.5) is 0 Å². The third-order valence-electron chi connectivity index (χ3n) is 5.45. The van der Waals surface area contributed by atoms with Gasteiger partial charge < -0.3 is 4.90 Å². The molecule has 0 N–H and O–H groups in total. The number of unbranched alkanes of at least 4 members (excludes halogenated alkanes) is 2. The topological polar surface area (TPSA) is 40.6 Å². The van der Waals surface area contributed by atoms with E-state index in [9.17, 15) is 9.59 Å². The van der Waals surface area contributed by atoms with Crippen molar-refractivity contribution < 1.29 is 9.59 Å². The van der Waals surface area contributed by atoms with E-state index >= 15 is 0 Å². The number of carbonyl (C=O) groups excluding carboxylic acids is 2. The van der Waals surface area contributed by atoms with E-state index in [1.54, 1.807) is 17.0 Å². The van der Waals surface area contributed by atoms with Crippen LogP contribution < -0.4 is 0 Å². The van der Waals surface area contributed by atoms with Gasteiger partial charge in [-0.25, -0.2) is 0 Å². The van der Waals surface area contributed by atoms with Crippen LogP contribution >= 0.6 is 35.6 Å². The molecule has 7 heteroatoms. The quantitative estimate of drug-likeness (QED) is 0.318. The van der Waals surface area contributed by atoms with Crippen LogP contribution in [0, 0.1) is 5.92 Å². The van der Waals surface area contributed by atoms with Gasteiger partial charge in [-0.05, 0) is 55.4 Å². The van der Waals surface area contributed by atoms with Crippen molar-refractivity contribution in [1.29, 1.82) is 0 Å². The number of halogens is 1. The highest BCUT2D eigenvalue weighted by Crippen LogP contribution is 2.33. The van der Waals surface area contributed by atoms with Crippen LogP contribution in [0.25, 0.3) is 6.08 Å². The maximum absolute atomic E-state index is 12.7. The number of thioether (sulfide) groups is 1. The summed E-state index contributed by atoms with van der Waals surface area (Å²) in [6, 6.07) is 7.38. The van der Waals surface area contributed by atoms with E-state index in [0.29, 0.717) is 27.2 Å². The maximum Gasteiger partial charge on any atom is 0.266 e. The van der Waals surface area contributed by atoms with Gasteiger partial charge in [0.2, 0.25) is 5.91 Å². The van der Waals surface area contributed by atoms with Gasteiger partial charge in [0.05, 0.1) is 4.91 Å². The monoisotopic (exact) mass is 450 g/mol. The number of piperidine rings is 1. The van der Waals surface area contributed by atoms with E-state index in [1.165, 1.54) is 11.8 Å². The van der Waals surface area contributed by atoms with Crippen LogP contribution in [0.15, 0.2) is 29.2 Å². The first kappa shape index (κ1) is 22.3. The molecule has 4 nitrogen and oxygen atoms in total. The predicted molar refractivity (Wildman–Crippen MR) is 125 cm³/mol. The maximum atomic E-state index is 12.7. The Hall–Kier alpha value is -1.37. The molecule has 1 aromatic carbocycles. The van der Waals surface area contributed by atoms with E-state index < -0.39 is 0 Å². The number of hydrogen-bond donors (Lipinski definition) is 0. The molecule has 0 unspecified atom stereocenters. The first-order chi connectivity index (χ1) is 13.9. The lowest BCUT2D eigenvalue weighted by molar-refractivity contribution is -0.132. The third-order valence-corrected chi connectivity index (χ3v) is 7.08. The summed E-state index contributed by atoms with van der Waals surface area (Å²) in [7, 11) is 0. The zero-order valence-electron chi connectivity index (χ0n) is 16.7. The minimum atomic E-state index is -0.0338. The Labute approximate surface area is 187 Å². The lowest BCUT2D eigenvalue weighted by Crippen LogP contribution is -2.37. The molecule has 2 aliphatic heterocycles. The second-order valence-electron chi connectivity index (χ2n) is 7.76. The van der Waals surface area contributed by atoms with Crippen molar-refractivity contribution in [3.8, 4) is 0 Å².